The van der Waals surface area contributed by atoms with Crippen molar-refractivity contribution in [2.75, 3.05) is 17.7 Å². The van der Waals surface area contributed by atoms with Gasteiger partial charge in [-0.3, -0.25) is 0 Å². The summed E-state index contributed by atoms with van der Waals surface area (Å²) >= 11 is 11.8. The maximum absolute atomic E-state index is 9.46. The Balaban J connectivity index is 3.05. The van der Waals surface area contributed by atoms with Crippen LogP contribution in [0.15, 0.2) is 6.07 Å². The first-order chi connectivity index (χ1) is 7.98. The number of nitrogen functional groups attached to an aromatic ring is 1. The summed E-state index contributed by atoms with van der Waals surface area (Å²) in [6, 6.07) is 1.54. The number of rotatable bonds is 5. The molecule has 0 amide bonds. The number of aromatic nitrogens is 1. The molecular weight excluding hydrogens is 261 g/mol. The van der Waals surface area contributed by atoms with Crippen LogP contribution in [0.1, 0.15) is 26.7 Å². The summed E-state index contributed by atoms with van der Waals surface area (Å²) in [5.41, 5.74) is 5.19. The highest BCUT2D eigenvalue weighted by molar-refractivity contribution is 6.37. The molecule has 1 heterocycles. The van der Waals surface area contributed by atoms with Gasteiger partial charge in [0.2, 0.25) is 0 Å². The summed E-state index contributed by atoms with van der Waals surface area (Å²) in [4.78, 5) is 4.09. The maximum atomic E-state index is 9.46. The summed E-state index contributed by atoms with van der Waals surface area (Å²) in [6.45, 7) is 3.97. The molecule has 1 aromatic rings. The van der Waals surface area contributed by atoms with Gasteiger partial charge in [0.1, 0.15) is 11.6 Å². The second kappa shape index (κ2) is 5.76. The topological polar surface area (TPSA) is 71.2 Å². The fraction of sp³-hybridized carbons (Fsp3) is 0.545. The predicted molar refractivity (Wildman–Crippen MR) is 72.7 cm³/mol. The van der Waals surface area contributed by atoms with Crippen LogP contribution in [0.25, 0.3) is 0 Å². The zero-order valence-corrected chi connectivity index (χ0v) is 11.4. The minimum Gasteiger partial charge on any atom is -0.394 e. The Morgan fingerprint density at radius 1 is 1.35 bits per heavy atom. The van der Waals surface area contributed by atoms with E-state index < -0.39 is 5.54 Å². The number of nitrogens with two attached hydrogens (primary N) is 1. The minimum atomic E-state index is -0.434. The number of aliphatic hydroxyl groups is 1. The van der Waals surface area contributed by atoms with Crippen molar-refractivity contribution in [2.45, 2.75) is 32.2 Å². The molecule has 4 nitrogen and oxygen atoms in total. The molecule has 0 saturated heterocycles. The number of hydrogen-bond acceptors (Lipinski definition) is 4. The molecule has 0 unspecified atom stereocenters. The van der Waals surface area contributed by atoms with Crippen molar-refractivity contribution in [1.29, 1.82) is 0 Å². The zero-order chi connectivity index (χ0) is 13.1. The molecule has 0 fully saturated rings. The van der Waals surface area contributed by atoms with Gasteiger partial charge in [-0.25, -0.2) is 4.98 Å². The van der Waals surface area contributed by atoms with Crippen LogP contribution >= 0.6 is 23.2 Å². The summed E-state index contributed by atoms with van der Waals surface area (Å²) in [7, 11) is 0. The van der Waals surface area contributed by atoms with Crippen molar-refractivity contribution >= 4 is 34.8 Å². The van der Waals surface area contributed by atoms with Crippen LogP contribution in [-0.4, -0.2) is 22.2 Å². The molecule has 0 bridgehead atoms. The molecule has 0 saturated carbocycles. The predicted octanol–water partition coefficient (Wildman–Crippen LogP) is 2.93. The molecule has 96 valence electrons. The van der Waals surface area contributed by atoms with E-state index in [9.17, 15) is 5.11 Å². The van der Waals surface area contributed by atoms with Crippen molar-refractivity contribution in [2.24, 2.45) is 0 Å². The molecular formula is C11H17Cl2N3O. The van der Waals surface area contributed by atoms with Gasteiger partial charge in [0.05, 0.1) is 22.2 Å². The number of nitrogens with zero attached hydrogens (tertiary/aromatic N) is 1. The van der Waals surface area contributed by atoms with Gasteiger partial charge < -0.3 is 16.2 Å². The average molecular weight is 278 g/mol. The Hall–Kier alpha value is -0.710. The van der Waals surface area contributed by atoms with Crippen LogP contribution in [-0.2, 0) is 0 Å². The Bertz CT molecular complexity index is 386. The lowest BCUT2D eigenvalue weighted by Crippen LogP contribution is -2.41. The molecule has 1 aromatic heterocycles. The molecule has 0 atom stereocenters. The van der Waals surface area contributed by atoms with E-state index in [1.165, 1.54) is 0 Å². The Morgan fingerprint density at radius 3 is 2.41 bits per heavy atom. The smallest absolute Gasteiger partial charge is 0.147 e. The van der Waals surface area contributed by atoms with E-state index >= 15 is 0 Å². The molecule has 1 rings (SSSR count). The monoisotopic (exact) mass is 277 g/mol. The van der Waals surface area contributed by atoms with E-state index in [0.29, 0.717) is 15.9 Å². The third kappa shape index (κ3) is 3.15. The summed E-state index contributed by atoms with van der Waals surface area (Å²) < 4.78 is 0. The average Bonchev–Trinajstić information content (AvgIpc) is 2.33. The molecule has 0 radical (unpaired) electrons. The highest BCUT2D eigenvalue weighted by Gasteiger charge is 2.26. The van der Waals surface area contributed by atoms with Crippen molar-refractivity contribution in [3.8, 4) is 0 Å². The van der Waals surface area contributed by atoms with Crippen LogP contribution in [0.4, 0.5) is 11.6 Å². The molecule has 0 aliphatic heterocycles. The number of halogens is 2. The van der Waals surface area contributed by atoms with Crippen molar-refractivity contribution in [3.05, 3.63) is 16.1 Å². The van der Waals surface area contributed by atoms with E-state index in [1.54, 1.807) is 6.07 Å². The summed E-state index contributed by atoms with van der Waals surface area (Å²) in [6.07, 6.45) is 1.50. The number of anilines is 2. The van der Waals surface area contributed by atoms with Crippen LogP contribution in [0.3, 0.4) is 0 Å². The molecule has 4 N–H and O–H groups in total. The molecule has 17 heavy (non-hydrogen) atoms. The van der Waals surface area contributed by atoms with E-state index in [2.05, 4.69) is 10.3 Å². The molecule has 0 spiro atoms. The van der Waals surface area contributed by atoms with E-state index in [0.717, 1.165) is 12.8 Å². The first-order valence-electron chi connectivity index (χ1n) is 5.48. The minimum absolute atomic E-state index is 0.000536. The lowest BCUT2D eigenvalue weighted by atomic mass is 9.94. The van der Waals surface area contributed by atoms with Gasteiger partial charge in [0.25, 0.3) is 0 Å². The van der Waals surface area contributed by atoms with Crippen LogP contribution in [0.5, 0.6) is 0 Å². The quantitative estimate of drug-likeness (QED) is 0.774. The Kier molecular flexibility index (Phi) is 4.86. The third-order valence-corrected chi connectivity index (χ3v) is 3.59. The second-order valence-corrected chi connectivity index (χ2v) is 4.77. The van der Waals surface area contributed by atoms with Gasteiger partial charge in [-0.15, -0.1) is 0 Å². The van der Waals surface area contributed by atoms with Crippen LogP contribution in [0, 0.1) is 0 Å². The van der Waals surface area contributed by atoms with Gasteiger partial charge in [-0.05, 0) is 18.9 Å². The van der Waals surface area contributed by atoms with Crippen molar-refractivity contribution in [1.82, 2.24) is 4.98 Å². The fourth-order valence-corrected chi connectivity index (χ4v) is 1.92. The van der Waals surface area contributed by atoms with Crippen molar-refractivity contribution in [3.63, 3.8) is 0 Å². The number of pyridine rings is 1. The van der Waals surface area contributed by atoms with Gasteiger partial charge in [0, 0.05) is 0 Å². The number of aliphatic hydroxyl groups excluding tert-OH is 1. The summed E-state index contributed by atoms with van der Waals surface area (Å²) in [5, 5.41) is 13.3. The largest absolute Gasteiger partial charge is 0.394 e. The van der Waals surface area contributed by atoms with Gasteiger partial charge in [-0.2, -0.15) is 0 Å². The normalized spacial score (nSPS) is 11.6. The van der Waals surface area contributed by atoms with Gasteiger partial charge >= 0.3 is 0 Å². The maximum Gasteiger partial charge on any atom is 0.147 e. The highest BCUT2D eigenvalue weighted by Crippen LogP contribution is 2.30. The SMILES string of the molecule is CCC(CC)(CO)Nc1nc(N)c(Cl)cc1Cl. The van der Waals surface area contributed by atoms with E-state index in [1.807, 2.05) is 13.8 Å². The second-order valence-electron chi connectivity index (χ2n) is 3.96. The Labute approximate surface area is 111 Å². The van der Waals surface area contributed by atoms with Crippen LogP contribution in [0.2, 0.25) is 10.0 Å². The first-order valence-corrected chi connectivity index (χ1v) is 6.24. The highest BCUT2D eigenvalue weighted by atomic mass is 35.5. The van der Waals surface area contributed by atoms with Gasteiger partial charge in [0.15, 0.2) is 0 Å². The van der Waals surface area contributed by atoms with Gasteiger partial charge in [-0.1, -0.05) is 37.0 Å². The van der Waals surface area contributed by atoms with Crippen LogP contribution < -0.4 is 11.1 Å². The number of hydrogen-bond donors (Lipinski definition) is 3. The number of nitrogens with one attached hydrogen (secondary N) is 1. The fourth-order valence-electron chi connectivity index (χ4n) is 1.51. The van der Waals surface area contributed by atoms with Crippen molar-refractivity contribution < 1.29 is 5.11 Å². The standard InChI is InChI=1S/C11H17Cl2N3O/c1-3-11(4-2,6-17)16-10-8(13)5-7(12)9(14)15-10/h5,17H,3-4,6H2,1-2H3,(H3,14,15,16). The zero-order valence-electron chi connectivity index (χ0n) is 9.93. The molecule has 0 aliphatic rings. The summed E-state index contributed by atoms with van der Waals surface area (Å²) in [5.74, 6) is 0.670. The molecule has 0 aromatic carbocycles. The Morgan fingerprint density at radius 2 is 1.94 bits per heavy atom. The van der Waals surface area contributed by atoms with E-state index in [-0.39, 0.29) is 12.4 Å². The lowest BCUT2D eigenvalue weighted by Gasteiger charge is -2.31. The molecule has 6 heteroatoms. The lowest BCUT2D eigenvalue weighted by molar-refractivity contribution is 0.202. The van der Waals surface area contributed by atoms with E-state index in [4.69, 9.17) is 28.9 Å². The first kappa shape index (κ1) is 14.4. The third-order valence-electron chi connectivity index (χ3n) is 3.00. The molecule has 0 aliphatic carbocycles.